The van der Waals surface area contributed by atoms with Crippen LogP contribution < -0.4 is 21.2 Å². The van der Waals surface area contributed by atoms with Crippen LogP contribution in [0.5, 0.6) is 0 Å². The Morgan fingerprint density at radius 1 is 0.951 bits per heavy atom. The van der Waals surface area contributed by atoms with Crippen LogP contribution in [-0.4, -0.2) is 85.2 Å². The van der Waals surface area contributed by atoms with Crippen molar-refractivity contribution in [2.24, 2.45) is 18.4 Å². The molecule has 5 aromatic rings. The molecule has 0 radical (unpaired) electrons. The average molecular weight is 848 g/mol. The lowest BCUT2D eigenvalue weighted by atomic mass is 9.68. The van der Waals surface area contributed by atoms with Gasteiger partial charge in [-0.15, -0.1) is 0 Å². The molecule has 1 unspecified atom stereocenters. The third kappa shape index (κ3) is 7.56. The zero-order chi connectivity index (χ0) is 42.8. The number of nitrogens with zero attached hydrogens (tertiary/aromatic N) is 7. The van der Waals surface area contributed by atoms with Crippen molar-refractivity contribution in [3.63, 3.8) is 0 Å². The molecular formula is C43H46F5N9O4. The summed E-state index contributed by atoms with van der Waals surface area (Å²) in [6, 6.07) is 10.6. The first kappa shape index (κ1) is 40.7. The van der Waals surface area contributed by atoms with Gasteiger partial charge in [0, 0.05) is 55.7 Å². The van der Waals surface area contributed by atoms with E-state index in [9.17, 15) is 32.3 Å². The summed E-state index contributed by atoms with van der Waals surface area (Å²) in [7, 11) is 1.65. The van der Waals surface area contributed by atoms with Gasteiger partial charge in [0.05, 0.1) is 41.1 Å². The Labute approximate surface area is 346 Å². The van der Waals surface area contributed by atoms with Crippen LogP contribution in [0.2, 0.25) is 0 Å². The molecule has 2 N–H and O–H groups in total. The van der Waals surface area contributed by atoms with Crippen molar-refractivity contribution in [3.05, 3.63) is 82.5 Å². The fourth-order valence-electron chi connectivity index (χ4n) is 10.1. The van der Waals surface area contributed by atoms with Crippen LogP contribution in [0.4, 0.5) is 33.5 Å². The number of hydrogen-bond acceptors (Lipinski definition) is 8. The number of hydrogen-bond donors (Lipinski definition) is 2. The van der Waals surface area contributed by atoms with Gasteiger partial charge in [0.25, 0.3) is 11.8 Å². The molecule has 4 aliphatic rings. The molecule has 61 heavy (non-hydrogen) atoms. The highest BCUT2D eigenvalue weighted by molar-refractivity contribution is 6.04. The number of anilines is 2. The summed E-state index contributed by atoms with van der Waals surface area (Å²) in [6.07, 6.45) is 3.57. The van der Waals surface area contributed by atoms with Crippen molar-refractivity contribution in [2.45, 2.75) is 82.0 Å². The highest BCUT2D eigenvalue weighted by Crippen LogP contribution is 2.52. The molecule has 2 aromatic carbocycles. The van der Waals surface area contributed by atoms with Gasteiger partial charge in [-0.1, -0.05) is 12.1 Å². The molecule has 4 fully saturated rings. The van der Waals surface area contributed by atoms with Crippen molar-refractivity contribution >= 4 is 51.2 Å². The highest BCUT2D eigenvalue weighted by atomic mass is 19.4. The fourth-order valence-corrected chi connectivity index (χ4v) is 10.1. The Bertz CT molecular complexity index is 2580. The van der Waals surface area contributed by atoms with Crippen LogP contribution in [0.15, 0.2) is 65.7 Å². The molecule has 9 rings (SSSR count). The van der Waals surface area contributed by atoms with Crippen molar-refractivity contribution in [3.8, 4) is 0 Å². The second kappa shape index (κ2) is 15.4. The summed E-state index contributed by atoms with van der Waals surface area (Å²) in [5, 5.41) is 10.3. The number of aryl methyl sites for hydroxylation is 1. The zero-order valence-electron chi connectivity index (χ0n) is 33.6. The van der Waals surface area contributed by atoms with Gasteiger partial charge in [-0.25, -0.2) is 18.6 Å². The van der Waals surface area contributed by atoms with Gasteiger partial charge in [0.2, 0.25) is 11.8 Å². The Balaban J connectivity index is 0.789. The molecule has 3 aliphatic heterocycles. The van der Waals surface area contributed by atoms with Crippen LogP contribution in [-0.2, 0) is 22.8 Å². The van der Waals surface area contributed by atoms with Crippen LogP contribution in [0.3, 0.4) is 0 Å². The quantitative estimate of drug-likeness (QED) is 0.137. The summed E-state index contributed by atoms with van der Waals surface area (Å²) in [4.78, 5) is 58.9. The SMILES string of the molecule is Cn1c(=O)n(C2CCC(=O)NC2=O)c2cccc(N3CCC4(CCN(CC5CCC(n6cc7cc(NC(=O)c8cccc(C(F)(F)F)c8)ncc7n6)CC5)CC4(F)F)CC3)c21. The van der Waals surface area contributed by atoms with E-state index < -0.39 is 40.9 Å². The summed E-state index contributed by atoms with van der Waals surface area (Å²) in [5.74, 6) is -4.00. The third-order valence-electron chi connectivity index (χ3n) is 13.6. The largest absolute Gasteiger partial charge is 0.416 e. The van der Waals surface area contributed by atoms with Gasteiger partial charge in [-0.3, -0.25) is 38.4 Å². The first-order valence-electron chi connectivity index (χ1n) is 20.8. The lowest BCUT2D eigenvalue weighted by molar-refractivity contribution is -0.179. The predicted molar refractivity (Wildman–Crippen MR) is 216 cm³/mol. The smallest absolute Gasteiger partial charge is 0.370 e. The second-order valence-corrected chi connectivity index (χ2v) is 17.2. The van der Waals surface area contributed by atoms with E-state index in [1.54, 1.807) is 19.2 Å². The van der Waals surface area contributed by atoms with Gasteiger partial charge >= 0.3 is 11.9 Å². The Morgan fingerprint density at radius 2 is 1.69 bits per heavy atom. The second-order valence-electron chi connectivity index (χ2n) is 17.2. The molecule has 1 atom stereocenters. The summed E-state index contributed by atoms with van der Waals surface area (Å²) >= 11 is 0. The van der Waals surface area contributed by atoms with E-state index in [4.69, 9.17) is 5.10 Å². The number of nitrogens with one attached hydrogen (secondary N) is 2. The van der Waals surface area contributed by atoms with Crippen LogP contribution in [0.25, 0.3) is 21.9 Å². The number of piperidine rings is 3. The molecule has 3 amide bonds. The minimum absolute atomic E-state index is 0.104. The molecule has 1 spiro atoms. The monoisotopic (exact) mass is 847 g/mol. The molecule has 6 heterocycles. The van der Waals surface area contributed by atoms with E-state index in [-0.39, 0.29) is 54.3 Å². The first-order valence-corrected chi connectivity index (χ1v) is 20.8. The van der Waals surface area contributed by atoms with Crippen molar-refractivity contribution < 1.29 is 36.3 Å². The van der Waals surface area contributed by atoms with Crippen molar-refractivity contribution in [1.29, 1.82) is 0 Å². The molecule has 18 heteroatoms. The number of likely N-dealkylation sites (tertiary alicyclic amines) is 1. The number of halogens is 5. The lowest BCUT2D eigenvalue weighted by Crippen LogP contribution is -2.59. The molecule has 3 saturated heterocycles. The Kier molecular flexibility index (Phi) is 10.3. The molecule has 1 aliphatic carbocycles. The van der Waals surface area contributed by atoms with Gasteiger partial charge in [0.1, 0.15) is 17.4 Å². The lowest BCUT2D eigenvalue weighted by Gasteiger charge is -2.52. The highest BCUT2D eigenvalue weighted by Gasteiger charge is 2.57. The van der Waals surface area contributed by atoms with Crippen LogP contribution >= 0.6 is 0 Å². The maximum absolute atomic E-state index is 16.3. The van der Waals surface area contributed by atoms with Gasteiger partial charge in [-0.05, 0) is 100 Å². The maximum atomic E-state index is 16.3. The number of alkyl halides is 5. The summed E-state index contributed by atoms with van der Waals surface area (Å²) in [6.45, 7) is 1.73. The zero-order valence-corrected chi connectivity index (χ0v) is 33.6. The van der Waals surface area contributed by atoms with Gasteiger partial charge < -0.3 is 10.2 Å². The van der Waals surface area contributed by atoms with E-state index in [1.807, 2.05) is 27.9 Å². The minimum Gasteiger partial charge on any atom is -0.370 e. The number of rotatable bonds is 7. The van der Waals surface area contributed by atoms with Crippen LogP contribution in [0.1, 0.15) is 85.8 Å². The van der Waals surface area contributed by atoms with E-state index in [2.05, 4.69) is 20.5 Å². The molecular weight excluding hydrogens is 802 g/mol. The normalized spacial score (nSPS) is 23.4. The number of benzene rings is 2. The standard InChI is InChI=1S/C43H46F5N9O4/c1-53-37-32(6-3-7-33(37)57(40(53)61)34-12-13-36(58)51-39(34)60)55-18-15-41(16-19-55)14-17-54(25-42(41,44)45)23-26-8-10-30(11-9-26)56-24-28-21-35(49-22-31(28)52-56)50-38(59)27-4-2-5-29(20-27)43(46,47)48/h2-7,20-22,24,26,30,34H,8-19,23,25H2,1H3,(H,50,59)(H,51,58,60). The topological polar surface area (TPSA) is 139 Å². The third-order valence-corrected chi connectivity index (χ3v) is 13.6. The maximum Gasteiger partial charge on any atom is 0.416 e. The molecule has 0 bridgehead atoms. The molecule has 1 saturated carbocycles. The van der Waals surface area contributed by atoms with Crippen molar-refractivity contribution in [1.82, 2.24) is 34.1 Å². The van der Waals surface area contributed by atoms with E-state index in [0.717, 1.165) is 48.9 Å². The molecule has 322 valence electrons. The minimum atomic E-state index is -4.57. The number of amides is 3. The number of pyridine rings is 1. The number of carbonyl (C=O) groups is 3. The number of carbonyl (C=O) groups excluding carboxylic acids is 3. The number of imidazole rings is 1. The van der Waals surface area contributed by atoms with Crippen molar-refractivity contribution in [2.75, 3.05) is 42.9 Å². The Hall–Kier alpha value is -5.65. The number of imide groups is 1. The van der Waals surface area contributed by atoms with Gasteiger partial charge in [-0.2, -0.15) is 18.3 Å². The first-order chi connectivity index (χ1) is 29.1. The van der Waals surface area contributed by atoms with E-state index >= 15 is 8.78 Å². The summed E-state index contributed by atoms with van der Waals surface area (Å²) in [5.41, 5.74) is 0.0428. The van der Waals surface area contributed by atoms with Gasteiger partial charge in [0.15, 0.2) is 0 Å². The number of para-hydroxylation sites is 1. The fraction of sp³-hybridized carbons (Fsp3) is 0.488. The number of aromatic nitrogens is 5. The Morgan fingerprint density at radius 3 is 2.41 bits per heavy atom. The van der Waals surface area contributed by atoms with Crippen LogP contribution in [0, 0.1) is 11.3 Å². The average Bonchev–Trinajstić information content (AvgIpc) is 3.77. The molecule has 13 nitrogen and oxygen atoms in total. The van der Waals surface area contributed by atoms with E-state index in [1.165, 1.54) is 27.5 Å². The summed E-state index contributed by atoms with van der Waals surface area (Å²) < 4.78 is 76.9. The molecule has 3 aromatic heterocycles. The number of fused-ring (bicyclic) bond motifs is 2. The van der Waals surface area contributed by atoms with E-state index in [0.29, 0.717) is 62.0 Å². The predicted octanol–water partition coefficient (Wildman–Crippen LogP) is 6.69.